The summed E-state index contributed by atoms with van der Waals surface area (Å²) in [6, 6.07) is 30.4. The van der Waals surface area contributed by atoms with Crippen molar-refractivity contribution in [2.75, 3.05) is 25.7 Å². The average molecular weight is 853 g/mol. The molecule has 1 aliphatic rings. The molecule has 4 aromatic heterocycles. The first-order valence-corrected chi connectivity index (χ1v) is 23.1. The Hall–Kier alpha value is -5.60. The van der Waals surface area contributed by atoms with Gasteiger partial charge in [-0.2, -0.15) is 0 Å². The summed E-state index contributed by atoms with van der Waals surface area (Å²) in [5, 5.41) is 0. The second-order valence-corrected chi connectivity index (χ2v) is 21.2. The summed E-state index contributed by atoms with van der Waals surface area (Å²) < 4.78 is 62.1. The van der Waals surface area contributed by atoms with E-state index in [0.29, 0.717) is 0 Å². The molecule has 6 aromatic rings. The predicted molar refractivity (Wildman–Crippen MR) is 229 cm³/mol. The third-order valence-electron chi connectivity index (χ3n) is 12.8. The molecule has 14 heteroatoms. The van der Waals surface area contributed by atoms with E-state index in [-0.39, 0.29) is 34.1 Å². The number of sulfone groups is 2. The fourth-order valence-electron chi connectivity index (χ4n) is 8.27. The Labute approximate surface area is 351 Å². The van der Waals surface area contributed by atoms with E-state index in [1.807, 2.05) is 24.3 Å². The van der Waals surface area contributed by atoms with Crippen LogP contribution in [0.15, 0.2) is 107 Å². The van der Waals surface area contributed by atoms with Crippen molar-refractivity contribution >= 4 is 31.6 Å². The number of carbonyl (C=O) groups excluding carboxylic acids is 2. The third kappa shape index (κ3) is 7.23. The molecule has 12 nitrogen and oxygen atoms in total. The molecule has 60 heavy (non-hydrogen) atoms. The number of aromatic nitrogens is 4. The first kappa shape index (κ1) is 42.5. The first-order chi connectivity index (χ1) is 28.2. The Morgan fingerprint density at radius 1 is 0.433 bits per heavy atom. The topological polar surface area (TPSA) is 184 Å². The van der Waals surface area contributed by atoms with Crippen LogP contribution in [0.5, 0.6) is 0 Å². The van der Waals surface area contributed by atoms with Crippen LogP contribution in [0.1, 0.15) is 111 Å². The Morgan fingerprint density at radius 3 is 0.933 bits per heavy atom. The fraction of sp³-hybridized carbons (Fsp3) is 0.348. The molecule has 5 heterocycles. The minimum atomic E-state index is -3.74. The second kappa shape index (κ2) is 15.1. The number of hydrogen-bond donors (Lipinski definition) is 4. The second-order valence-electron chi connectivity index (χ2n) is 17.0. The summed E-state index contributed by atoms with van der Waals surface area (Å²) in [7, 11) is -5.00. The summed E-state index contributed by atoms with van der Waals surface area (Å²) in [6.45, 7) is 12.8. The lowest BCUT2D eigenvalue weighted by Crippen LogP contribution is -2.30. The van der Waals surface area contributed by atoms with Gasteiger partial charge in [0.2, 0.25) is 0 Å². The van der Waals surface area contributed by atoms with Crippen LogP contribution in [0, 0.1) is 0 Å². The Bertz CT molecular complexity index is 2500. The molecule has 0 atom stereocenters. The fourth-order valence-corrected chi connectivity index (χ4v) is 10.7. The van der Waals surface area contributed by atoms with E-state index in [1.165, 1.54) is 14.2 Å². The van der Waals surface area contributed by atoms with Crippen molar-refractivity contribution in [3.63, 3.8) is 0 Å². The van der Waals surface area contributed by atoms with E-state index in [9.17, 15) is 26.4 Å². The van der Waals surface area contributed by atoms with E-state index >= 15 is 0 Å². The van der Waals surface area contributed by atoms with E-state index in [4.69, 9.17) is 0 Å². The van der Waals surface area contributed by atoms with Crippen LogP contribution in [-0.4, -0.2) is 74.4 Å². The molecule has 0 saturated heterocycles. The number of esters is 2. The van der Waals surface area contributed by atoms with Gasteiger partial charge < -0.3 is 29.4 Å². The maximum absolute atomic E-state index is 13.2. The first-order valence-electron chi connectivity index (χ1n) is 19.8. The van der Waals surface area contributed by atoms with E-state index < -0.39 is 53.3 Å². The molecule has 0 unspecified atom stereocenters. The molecule has 4 N–H and O–H groups in total. The van der Waals surface area contributed by atoms with Crippen LogP contribution < -0.4 is 0 Å². The van der Waals surface area contributed by atoms with Crippen molar-refractivity contribution < 1.29 is 35.9 Å². The van der Waals surface area contributed by atoms with Gasteiger partial charge in [-0.15, -0.1) is 0 Å². The molecule has 0 aliphatic carbocycles. The van der Waals surface area contributed by atoms with Crippen LogP contribution in [-0.2, 0) is 60.4 Å². The van der Waals surface area contributed by atoms with Gasteiger partial charge in [0.25, 0.3) is 0 Å². The summed E-state index contributed by atoms with van der Waals surface area (Å²) >= 11 is 0. The number of nitrogens with one attached hydrogen (secondary N) is 4. The van der Waals surface area contributed by atoms with Crippen molar-refractivity contribution in [2.24, 2.45) is 0 Å². The van der Waals surface area contributed by atoms with Gasteiger partial charge in [-0.1, -0.05) is 24.3 Å². The maximum atomic E-state index is 13.2. The Balaban J connectivity index is 1.35. The molecule has 0 saturated carbocycles. The highest BCUT2D eigenvalue weighted by Crippen LogP contribution is 2.45. The molecule has 0 radical (unpaired) electrons. The van der Waals surface area contributed by atoms with E-state index in [1.54, 1.807) is 24.3 Å². The number of H-pyrrole nitrogens is 4. The predicted octanol–water partition coefficient (Wildman–Crippen LogP) is 7.35. The van der Waals surface area contributed by atoms with Gasteiger partial charge in [-0.05, 0) is 125 Å². The van der Waals surface area contributed by atoms with Crippen LogP contribution in [0.25, 0.3) is 0 Å². The lowest BCUT2D eigenvalue weighted by Gasteiger charge is -2.32. The van der Waals surface area contributed by atoms with Crippen LogP contribution >= 0.6 is 0 Å². The highest BCUT2D eigenvalue weighted by atomic mass is 32.2. The minimum absolute atomic E-state index is 0.127. The lowest BCUT2D eigenvalue weighted by molar-refractivity contribution is -0.141. The molecule has 0 fully saturated rings. The van der Waals surface area contributed by atoms with Crippen molar-refractivity contribution in [1.29, 1.82) is 0 Å². The zero-order valence-electron chi connectivity index (χ0n) is 35.1. The Kier molecular flexibility index (Phi) is 10.7. The number of benzene rings is 2. The van der Waals surface area contributed by atoms with Crippen LogP contribution in [0.2, 0.25) is 0 Å². The highest BCUT2D eigenvalue weighted by molar-refractivity contribution is 7.91. The number of aromatic amines is 4. The maximum Gasteiger partial charge on any atom is 0.306 e. The van der Waals surface area contributed by atoms with Crippen LogP contribution in [0.4, 0.5) is 0 Å². The van der Waals surface area contributed by atoms with E-state index in [0.717, 1.165) is 56.7 Å². The monoisotopic (exact) mass is 852 g/mol. The quantitative estimate of drug-likeness (QED) is 0.103. The van der Waals surface area contributed by atoms with Crippen LogP contribution in [0.3, 0.4) is 0 Å². The van der Waals surface area contributed by atoms with Gasteiger partial charge in [0.1, 0.15) is 0 Å². The zero-order valence-corrected chi connectivity index (χ0v) is 36.8. The summed E-state index contributed by atoms with van der Waals surface area (Å²) in [5.74, 6) is -1.87. The number of fused-ring (bicyclic) bond motifs is 8. The smallest absolute Gasteiger partial charge is 0.306 e. The number of hydrogen-bond acceptors (Lipinski definition) is 8. The van der Waals surface area contributed by atoms with Crippen molar-refractivity contribution in [3.05, 3.63) is 154 Å². The molecule has 0 amide bonds. The van der Waals surface area contributed by atoms with Crippen molar-refractivity contribution in [1.82, 2.24) is 19.9 Å². The highest BCUT2D eigenvalue weighted by Gasteiger charge is 2.41. The largest absolute Gasteiger partial charge is 0.469 e. The third-order valence-corrected chi connectivity index (χ3v) is 16.2. The summed E-state index contributed by atoms with van der Waals surface area (Å²) in [5.41, 5.74) is 6.42. The SMILES string of the molecule is COC(=O)CCS(=O)(=O)c1ccc(C2(C)c3ccc([nH]3)C(C)(C)c3ccc([nH]3)C(C)(c3ccc(S(=O)(=O)CCC(=O)OC)cc3)c3ccc([nH]3)C(C)(C)c3ccc2[nH]3)cc1. The molecule has 0 spiro atoms. The standard InChI is InChI=1S/C46H52N4O8S2/c1-43(2)33-17-21-37(47-33)45(5,29-9-13-31(14-10-29)59(53,54)27-25-41(51)57-7)39-23-19-35(49-39)44(3,4)36-20-24-40(50-36)46(6,38-22-18-34(43)48-38)30-11-15-32(16-12-30)60(55,56)28-26-42(52)58-8/h9-24,47-50H,25-28H2,1-8H3. The molecule has 7 rings (SSSR count). The summed E-state index contributed by atoms with van der Waals surface area (Å²) in [6.07, 6.45) is -0.463. The van der Waals surface area contributed by atoms with Gasteiger partial charge in [-0.3, -0.25) is 9.59 Å². The van der Waals surface area contributed by atoms with Gasteiger partial charge in [-0.25, -0.2) is 16.8 Å². The van der Waals surface area contributed by atoms with Crippen molar-refractivity contribution in [2.45, 2.75) is 85.8 Å². The number of carbonyl (C=O) groups is 2. The molecule has 2 aromatic carbocycles. The zero-order chi connectivity index (χ0) is 43.5. The number of ether oxygens (including phenoxy) is 2. The Morgan fingerprint density at radius 2 is 0.683 bits per heavy atom. The van der Waals surface area contributed by atoms with Gasteiger partial charge in [0.15, 0.2) is 19.7 Å². The van der Waals surface area contributed by atoms with Gasteiger partial charge >= 0.3 is 11.9 Å². The normalized spacial score (nSPS) is 19.7. The number of methoxy groups -OCH3 is 2. The van der Waals surface area contributed by atoms with Crippen molar-refractivity contribution in [3.8, 4) is 0 Å². The van der Waals surface area contributed by atoms with Gasteiger partial charge in [0.05, 0.1) is 59.2 Å². The minimum Gasteiger partial charge on any atom is -0.469 e. The van der Waals surface area contributed by atoms with Gasteiger partial charge in [0, 0.05) is 56.4 Å². The molecule has 316 valence electrons. The molecular formula is C46H52N4O8S2. The van der Waals surface area contributed by atoms with E-state index in [2.05, 4.69) is 119 Å². The molecular weight excluding hydrogens is 801 g/mol. The number of rotatable bonds is 10. The summed E-state index contributed by atoms with van der Waals surface area (Å²) in [4.78, 5) is 38.8. The lowest BCUT2D eigenvalue weighted by atomic mass is 9.76. The molecule has 1 aliphatic heterocycles. The molecule has 8 bridgehead atoms. The average Bonchev–Trinajstić information content (AvgIpc) is 4.08.